The van der Waals surface area contributed by atoms with Crippen LogP contribution in [-0.4, -0.2) is 41.8 Å². The lowest BCUT2D eigenvalue weighted by Gasteiger charge is -2.34. The number of nitrogens with two attached hydrogens (primary N) is 1. The molecule has 1 aliphatic rings. The molecule has 0 spiro atoms. The van der Waals surface area contributed by atoms with Crippen LogP contribution in [0, 0.1) is 5.92 Å². The van der Waals surface area contributed by atoms with E-state index in [0.29, 0.717) is 6.54 Å². The van der Waals surface area contributed by atoms with Crippen molar-refractivity contribution in [2.24, 2.45) is 11.7 Å². The van der Waals surface area contributed by atoms with E-state index in [1.54, 1.807) is 13.8 Å². The first kappa shape index (κ1) is 13.6. The van der Waals surface area contributed by atoms with E-state index in [9.17, 15) is 14.4 Å². The van der Waals surface area contributed by atoms with Gasteiger partial charge >= 0.3 is 6.03 Å². The topological polar surface area (TPSA) is 92.5 Å². The molecule has 0 aromatic rings. The Kier molecular flexibility index (Phi) is 4.62. The van der Waals surface area contributed by atoms with Crippen LogP contribution < -0.4 is 11.1 Å². The molecular weight excluding hydrogens is 222 g/mol. The summed E-state index contributed by atoms with van der Waals surface area (Å²) in [4.78, 5) is 35.4. The van der Waals surface area contributed by atoms with Crippen LogP contribution in [-0.2, 0) is 9.59 Å². The highest BCUT2D eigenvalue weighted by atomic mass is 16.2. The van der Waals surface area contributed by atoms with E-state index in [-0.39, 0.29) is 11.7 Å². The number of hydrogen-bond acceptors (Lipinski definition) is 4. The van der Waals surface area contributed by atoms with Crippen molar-refractivity contribution in [1.82, 2.24) is 10.2 Å². The standard InChI is InChI=1S/C11H19N3O3/c1-7(10(16)13-11(12)17)14-5-3-4-9(6-14)8(2)15/h7,9H,3-6H2,1-2H3,(H3,12,13,16,17). The number of nitrogens with zero attached hydrogens (tertiary/aromatic N) is 1. The van der Waals surface area contributed by atoms with Gasteiger partial charge in [0, 0.05) is 12.5 Å². The third kappa shape index (κ3) is 3.81. The van der Waals surface area contributed by atoms with Gasteiger partial charge in [-0.15, -0.1) is 0 Å². The summed E-state index contributed by atoms with van der Waals surface area (Å²) >= 11 is 0. The van der Waals surface area contributed by atoms with Crippen molar-refractivity contribution in [1.29, 1.82) is 0 Å². The Balaban J connectivity index is 2.56. The maximum Gasteiger partial charge on any atom is 0.318 e. The molecule has 1 saturated heterocycles. The first-order valence-corrected chi connectivity index (χ1v) is 5.76. The fourth-order valence-electron chi connectivity index (χ4n) is 2.08. The van der Waals surface area contributed by atoms with Crippen LogP contribution in [0.2, 0.25) is 0 Å². The lowest BCUT2D eigenvalue weighted by Crippen LogP contribution is -2.51. The van der Waals surface area contributed by atoms with Crippen molar-refractivity contribution in [2.45, 2.75) is 32.7 Å². The Morgan fingerprint density at radius 2 is 2.06 bits per heavy atom. The van der Waals surface area contributed by atoms with E-state index in [1.165, 1.54) is 0 Å². The summed E-state index contributed by atoms with van der Waals surface area (Å²) in [5.41, 5.74) is 4.89. The SMILES string of the molecule is CC(=O)C1CCCN(C(C)C(=O)NC(N)=O)C1. The molecular formula is C11H19N3O3. The molecule has 0 radical (unpaired) electrons. The number of piperidine rings is 1. The van der Waals surface area contributed by atoms with Crippen molar-refractivity contribution in [3.05, 3.63) is 0 Å². The van der Waals surface area contributed by atoms with Crippen LogP contribution in [0.25, 0.3) is 0 Å². The largest absolute Gasteiger partial charge is 0.351 e. The summed E-state index contributed by atoms with van der Waals surface area (Å²) in [7, 11) is 0. The number of urea groups is 1. The molecule has 1 fully saturated rings. The molecule has 0 aromatic carbocycles. The van der Waals surface area contributed by atoms with Crippen LogP contribution in [0.15, 0.2) is 0 Å². The number of amides is 3. The average molecular weight is 241 g/mol. The van der Waals surface area contributed by atoms with Crippen LogP contribution in [0.3, 0.4) is 0 Å². The molecule has 2 atom stereocenters. The summed E-state index contributed by atoms with van der Waals surface area (Å²) < 4.78 is 0. The summed E-state index contributed by atoms with van der Waals surface area (Å²) in [5, 5.41) is 2.06. The molecule has 96 valence electrons. The molecule has 0 saturated carbocycles. The third-order valence-electron chi connectivity index (χ3n) is 3.20. The van der Waals surface area contributed by atoms with Crippen LogP contribution in [0.4, 0.5) is 4.79 Å². The van der Waals surface area contributed by atoms with Crippen molar-refractivity contribution in [3.63, 3.8) is 0 Å². The van der Waals surface area contributed by atoms with E-state index in [0.717, 1.165) is 19.4 Å². The fourth-order valence-corrected chi connectivity index (χ4v) is 2.08. The van der Waals surface area contributed by atoms with E-state index in [2.05, 4.69) is 5.32 Å². The Bertz CT molecular complexity index is 330. The number of ketones is 1. The number of rotatable bonds is 3. The van der Waals surface area contributed by atoms with E-state index in [1.807, 2.05) is 4.90 Å². The molecule has 1 heterocycles. The molecule has 17 heavy (non-hydrogen) atoms. The van der Waals surface area contributed by atoms with Gasteiger partial charge in [0.2, 0.25) is 5.91 Å². The maximum atomic E-state index is 11.6. The number of Topliss-reactive ketones (excluding diaryl/α,β-unsaturated/α-hetero) is 1. The molecule has 1 aliphatic heterocycles. The Morgan fingerprint density at radius 3 is 2.59 bits per heavy atom. The zero-order valence-corrected chi connectivity index (χ0v) is 10.2. The van der Waals surface area contributed by atoms with E-state index < -0.39 is 18.0 Å². The first-order valence-electron chi connectivity index (χ1n) is 5.76. The first-order chi connectivity index (χ1) is 7.91. The lowest BCUT2D eigenvalue weighted by molar-refractivity contribution is -0.128. The molecule has 6 heteroatoms. The van der Waals surface area contributed by atoms with Crippen LogP contribution >= 0.6 is 0 Å². The monoisotopic (exact) mass is 241 g/mol. The summed E-state index contributed by atoms with van der Waals surface area (Å²) in [6.07, 6.45) is 1.76. The van der Waals surface area contributed by atoms with Crippen molar-refractivity contribution < 1.29 is 14.4 Å². The van der Waals surface area contributed by atoms with Gasteiger partial charge in [-0.1, -0.05) is 0 Å². The van der Waals surface area contributed by atoms with Crippen molar-refractivity contribution in [2.75, 3.05) is 13.1 Å². The van der Waals surface area contributed by atoms with E-state index in [4.69, 9.17) is 5.73 Å². The molecule has 2 unspecified atom stereocenters. The minimum atomic E-state index is -0.845. The summed E-state index contributed by atoms with van der Waals surface area (Å²) in [6.45, 7) is 4.61. The zero-order chi connectivity index (χ0) is 13.0. The van der Waals surface area contributed by atoms with Gasteiger partial charge in [-0.2, -0.15) is 0 Å². The van der Waals surface area contributed by atoms with E-state index >= 15 is 0 Å². The van der Waals surface area contributed by atoms with Crippen LogP contribution in [0.1, 0.15) is 26.7 Å². The Labute approximate surface area is 101 Å². The molecule has 1 rings (SSSR count). The normalized spacial score (nSPS) is 22.8. The lowest BCUT2D eigenvalue weighted by atomic mass is 9.93. The highest BCUT2D eigenvalue weighted by Gasteiger charge is 2.29. The minimum absolute atomic E-state index is 0.00687. The number of hydrogen-bond donors (Lipinski definition) is 2. The molecule has 3 N–H and O–H groups in total. The average Bonchev–Trinajstić information content (AvgIpc) is 2.27. The number of carbonyl (C=O) groups excluding carboxylic acids is 3. The molecule has 6 nitrogen and oxygen atoms in total. The highest BCUT2D eigenvalue weighted by Crippen LogP contribution is 2.19. The predicted octanol–water partition coefficient (Wildman–Crippen LogP) is -0.129. The summed E-state index contributed by atoms with van der Waals surface area (Å²) in [6, 6.07) is -1.29. The quantitative estimate of drug-likeness (QED) is 0.720. The van der Waals surface area contributed by atoms with Crippen molar-refractivity contribution in [3.8, 4) is 0 Å². The molecule has 0 aromatic heterocycles. The second kappa shape index (κ2) is 5.77. The fraction of sp³-hybridized carbons (Fsp3) is 0.727. The number of primary amides is 1. The summed E-state index contributed by atoms with van der Waals surface area (Å²) in [5.74, 6) is -0.272. The molecule has 0 bridgehead atoms. The predicted molar refractivity (Wildman–Crippen MR) is 62.2 cm³/mol. The van der Waals surface area contributed by atoms with Gasteiger partial charge in [-0.25, -0.2) is 4.79 Å². The van der Waals surface area contributed by atoms with Gasteiger partial charge in [0.05, 0.1) is 6.04 Å². The number of carbonyl (C=O) groups is 3. The van der Waals surface area contributed by atoms with Crippen molar-refractivity contribution >= 4 is 17.7 Å². The van der Waals surface area contributed by atoms with Gasteiger partial charge in [-0.3, -0.25) is 19.8 Å². The van der Waals surface area contributed by atoms with Crippen LogP contribution in [0.5, 0.6) is 0 Å². The number of nitrogens with one attached hydrogen (secondary N) is 1. The van der Waals surface area contributed by atoms with Gasteiger partial charge in [0.15, 0.2) is 0 Å². The highest BCUT2D eigenvalue weighted by molar-refractivity contribution is 5.96. The van der Waals surface area contributed by atoms with Gasteiger partial charge in [0.1, 0.15) is 5.78 Å². The second-order valence-corrected chi connectivity index (χ2v) is 4.47. The van der Waals surface area contributed by atoms with Gasteiger partial charge in [0.25, 0.3) is 0 Å². The number of imide groups is 1. The minimum Gasteiger partial charge on any atom is -0.351 e. The third-order valence-corrected chi connectivity index (χ3v) is 3.20. The number of likely N-dealkylation sites (tertiary alicyclic amines) is 1. The smallest absolute Gasteiger partial charge is 0.318 e. The maximum absolute atomic E-state index is 11.6. The van der Waals surface area contributed by atoms with Gasteiger partial charge in [-0.05, 0) is 33.2 Å². The van der Waals surface area contributed by atoms with Gasteiger partial charge < -0.3 is 5.73 Å². The second-order valence-electron chi connectivity index (χ2n) is 4.47. The molecule has 3 amide bonds. The Morgan fingerprint density at radius 1 is 1.41 bits per heavy atom. The molecule has 0 aliphatic carbocycles. The zero-order valence-electron chi connectivity index (χ0n) is 10.2. The Hall–Kier alpha value is -1.43.